The van der Waals surface area contributed by atoms with Gasteiger partial charge in [-0.25, -0.2) is 0 Å². The second-order valence-corrected chi connectivity index (χ2v) is 8.38. The predicted octanol–water partition coefficient (Wildman–Crippen LogP) is 6.21. The number of nitrogens with zero attached hydrogens (tertiary/aromatic N) is 1. The zero-order valence-electron chi connectivity index (χ0n) is 19.0. The van der Waals surface area contributed by atoms with Crippen LogP contribution in [-0.4, -0.2) is 19.1 Å². The molecule has 0 heterocycles. The number of benzene rings is 3. The fourth-order valence-corrected chi connectivity index (χ4v) is 3.42. The van der Waals surface area contributed by atoms with Gasteiger partial charge >= 0.3 is 0 Å². The van der Waals surface area contributed by atoms with Gasteiger partial charge in [0.15, 0.2) is 11.5 Å². The Hall–Kier alpha value is -3.51. The highest BCUT2D eigenvalue weighted by Crippen LogP contribution is 2.30. The molecule has 0 aliphatic rings. The zero-order valence-corrected chi connectivity index (χ0v) is 21.2. The molecule has 0 radical (unpaired) electrons. The zero-order chi connectivity index (χ0) is 24.3. The molecule has 0 aliphatic carbocycles. The average molecular weight is 568 g/mol. The normalized spacial score (nSPS) is 10.8. The Morgan fingerprint density at radius 1 is 0.941 bits per heavy atom. The number of ether oxygens (including phenoxy) is 3. The summed E-state index contributed by atoms with van der Waals surface area (Å²) in [7, 11) is 0. The van der Waals surface area contributed by atoms with Crippen molar-refractivity contribution in [3.63, 3.8) is 0 Å². The van der Waals surface area contributed by atoms with Crippen LogP contribution in [0, 0.1) is 14.9 Å². The maximum atomic E-state index is 12.6. The smallest absolute Gasteiger partial charge is 0.266 e. The van der Waals surface area contributed by atoms with Gasteiger partial charge in [0.05, 0.1) is 13.2 Å². The van der Waals surface area contributed by atoms with E-state index in [1.807, 2.05) is 44.2 Å². The molecule has 0 bridgehead atoms. The van der Waals surface area contributed by atoms with Crippen molar-refractivity contribution in [3.05, 3.63) is 87.0 Å². The summed E-state index contributed by atoms with van der Waals surface area (Å²) in [6, 6.07) is 22.4. The maximum absolute atomic E-state index is 12.6. The second kappa shape index (κ2) is 12.7. The molecule has 1 amide bonds. The van der Waals surface area contributed by atoms with Crippen LogP contribution in [0.1, 0.15) is 25.0 Å². The van der Waals surface area contributed by atoms with E-state index in [1.54, 1.807) is 42.5 Å². The van der Waals surface area contributed by atoms with E-state index < -0.39 is 5.91 Å². The van der Waals surface area contributed by atoms with Gasteiger partial charge in [-0.1, -0.05) is 18.2 Å². The van der Waals surface area contributed by atoms with Crippen molar-refractivity contribution in [1.82, 2.24) is 0 Å². The van der Waals surface area contributed by atoms with Crippen LogP contribution >= 0.6 is 22.6 Å². The molecule has 3 rings (SSSR count). The number of nitriles is 1. The number of amides is 1. The third-order valence-electron chi connectivity index (χ3n) is 4.67. The summed E-state index contributed by atoms with van der Waals surface area (Å²) in [5, 5.41) is 12.3. The molecular weight excluding hydrogens is 543 g/mol. The lowest BCUT2D eigenvalue weighted by Gasteiger charge is -2.13. The van der Waals surface area contributed by atoms with Crippen LogP contribution in [0.3, 0.4) is 0 Å². The van der Waals surface area contributed by atoms with E-state index in [0.29, 0.717) is 48.3 Å². The standard InChI is InChI=1S/C27H25IN2O4/c1-3-32-24-12-10-23(11-13-24)30-27(31)21(17-29)15-20-7-14-25(26(16-20)33-4-2)34-18-19-5-8-22(28)9-6-19/h5-16H,3-4,18H2,1-2H3,(H,30,31)/b21-15-. The summed E-state index contributed by atoms with van der Waals surface area (Å²) in [5.74, 6) is 1.36. The minimum Gasteiger partial charge on any atom is -0.494 e. The van der Waals surface area contributed by atoms with E-state index in [4.69, 9.17) is 14.2 Å². The molecule has 0 fully saturated rings. The number of halogens is 1. The Morgan fingerprint density at radius 3 is 2.29 bits per heavy atom. The third kappa shape index (κ3) is 7.25. The maximum Gasteiger partial charge on any atom is 0.266 e. The first-order valence-corrected chi connectivity index (χ1v) is 11.9. The summed E-state index contributed by atoms with van der Waals surface area (Å²) in [6.45, 7) is 5.21. The first-order chi connectivity index (χ1) is 16.5. The lowest BCUT2D eigenvalue weighted by atomic mass is 10.1. The van der Waals surface area contributed by atoms with Crippen molar-refractivity contribution in [2.24, 2.45) is 0 Å². The van der Waals surface area contributed by atoms with Crippen molar-refractivity contribution in [2.45, 2.75) is 20.5 Å². The largest absolute Gasteiger partial charge is 0.494 e. The molecule has 0 unspecified atom stereocenters. The summed E-state index contributed by atoms with van der Waals surface area (Å²) in [6.07, 6.45) is 1.52. The van der Waals surface area contributed by atoms with Crippen molar-refractivity contribution in [1.29, 1.82) is 5.26 Å². The van der Waals surface area contributed by atoms with E-state index >= 15 is 0 Å². The van der Waals surface area contributed by atoms with Crippen LogP contribution in [0.15, 0.2) is 72.3 Å². The molecule has 0 saturated heterocycles. The average Bonchev–Trinajstić information content (AvgIpc) is 2.84. The fraction of sp³-hybridized carbons (Fsp3) is 0.185. The van der Waals surface area contributed by atoms with Crippen molar-refractivity contribution in [2.75, 3.05) is 18.5 Å². The number of carbonyl (C=O) groups excluding carboxylic acids is 1. The molecule has 0 aromatic heterocycles. The summed E-state index contributed by atoms with van der Waals surface area (Å²) >= 11 is 2.26. The molecule has 0 spiro atoms. The van der Waals surface area contributed by atoms with Gasteiger partial charge in [-0.05, 0) is 102 Å². The third-order valence-corrected chi connectivity index (χ3v) is 5.39. The number of rotatable bonds is 10. The Bertz CT molecular complexity index is 1180. The molecule has 7 heteroatoms. The minimum absolute atomic E-state index is 0.0242. The molecular formula is C27H25IN2O4. The topological polar surface area (TPSA) is 80.6 Å². The van der Waals surface area contributed by atoms with Gasteiger partial charge < -0.3 is 19.5 Å². The number of carbonyl (C=O) groups is 1. The van der Waals surface area contributed by atoms with E-state index in [2.05, 4.69) is 27.9 Å². The first kappa shape index (κ1) is 25.1. The van der Waals surface area contributed by atoms with Gasteiger partial charge in [0.25, 0.3) is 5.91 Å². The molecule has 3 aromatic rings. The van der Waals surface area contributed by atoms with Crippen LogP contribution in [0.4, 0.5) is 5.69 Å². The molecule has 6 nitrogen and oxygen atoms in total. The number of anilines is 1. The SMILES string of the molecule is CCOc1ccc(NC(=O)/C(C#N)=C\c2ccc(OCc3ccc(I)cc3)c(OCC)c2)cc1. The molecule has 3 aromatic carbocycles. The Kier molecular flexibility index (Phi) is 9.35. The minimum atomic E-state index is -0.497. The molecule has 0 aliphatic heterocycles. The van der Waals surface area contributed by atoms with Gasteiger partial charge in [0.1, 0.15) is 24.0 Å². The Morgan fingerprint density at radius 2 is 1.65 bits per heavy atom. The molecule has 1 N–H and O–H groups in total. The molecule has 0 atom stereocenters. The molecule has 174 valence electrons. The fourth-order valence-electron chi connectivity index (χ4n) is 3.06. The highest BCUT2D eigenvalue weighted by Gasteiger charge is 2.12. The number of hydrogen-bond donors (Lipinski definition) is 1. The first-order valence-electron chi connectivity index (χ1n) is 10.8. The quantitative estimate of drug-likeness (QED) is 0.179. The number of nitrogens with one attached hydrogen (secondary N) is 1. The van der Waals surface area contributed by atoms with E-state index in [-0.39, 0.29) is 5.57 Å². The highest BCUT2D eigenvalue weighted by atomic mass is 127. The molecule has 0 saturated carbocycles. The van der Waals surface area contributed by atoms with Crippen molar-refractivity contribution in [3.8, 4) is 23.3 Å². The number of hydrogen-bond acceptors (Lipinski definition) is 5. The van der Waals surface area contributed by atoms with Gasteiger partial charge in [-0.3, -0.25) is 4.79 Å². The van der Waals surface area contributed by atoms with Crippen LogP contribution in [0.25, 0.3) is 6.08 Å². The van der Waals surface area contributed by atoms with E-state index in [9.17, 15) is 10.1 Å². The van der Waals surface area contributed by atoms with Crippen LogP contribution < -0.4 is 19.5 Å². The Labute approximate surface area is 213 Å². The van der Waals surface area contributed by atoms with Crippen LogP contribution in [0.5, 0.6) is 17.2 Å². The summed E-state index contributed by atoms with van der Waals surface area (Å²) < 4.78 is 18.3. The van der Waals surface area contributed by atoms with Gasteiger partial charge in [0, 0.05) is 9.26 Å². The predicted molar refractivity (Wildman–Crippen MR) is 141 cm³/mol. The van der Waals surface area contributed by atoms with Crippen molar-refractivity contribution < 1.29 is 19.0 Å². The van der Waals surface area contributed by atoms with Crippen LogP contribution in [-0.2, 0) is 11.4 Å². The summed E-state index contributed by atoms with van der Waals surface area (Å²) in [5.41, 5.74) is 2.25. The lowest BCUT2D eigenvalue weighted by Crippen LogP contribution is -2.13. The summed E-state index contributed by atoms with van der Waals surface area (Å²) in [4.78, 5) is 12.6. The van der Waals surface area contributed by atoms with Crippen molar-refractivity contribution >= 4 is 40.3 Å². The second-order valence-electron chi connectivity index (χ2n) is 7.14. The lowest BCUT2D eigenvalue weighted by molar-refractivity contribution is -0.112. The Balaban J connectivity index is 1.73. The van der Waals surface area contributed by atoms with Crippen LogP contribution in [0.2, 0.25) is 0 Å². The van der Waals surface area contributed by atoms with E-state index in [0.717, 1.165) is 9.13 Å². The van der Waals surface area contributed by atoms with E-state index in [1.165, 1.54) is 6.08 Å². The highest BCUT2D eigenvalue weighted by molar-refractivity contribution is 14.1. The molecule has 34 heavy (non-hydrogen) atoms. The monoisotopic (exact) mass is 568 g/mol. The van der Waals surface area contributed by atoms with Gasteiger partial charge in [-0.15, -0.1) is 0 Å². The van der Waals surface area contributed by atoms with Gasteiger partial charge in [0.2, 0.25) is 0 Å². The van der Waals surface area contributed by atoms with Gasteiger partial charge in [-0.2, -0.15) is 5.26 Å².